The minimum Gasteiger partial charge on any atom is -0.172 e. The third-order valence-corrected chi connectivity index (χ3v) is 7.60. The van der Waals surface area contributed by atoms with Gasteiger partial charge in [0, 0.05) is 16.9 Å². The molecule has 3 aromatic carbocycles. The summed E-state index contributed by atoms with van der Waals surface area (Å²) in [5.41, 5.74) is 2.84. The molecule has 0 amide bonds. The van der Waals surface area contributed by atoms with E-state index in [1.165, 1.54) is 33.0 Å². The average Bonchev–Trinajstić information content (AvgIpc) is 2.81. The third kappa shape index (κ3) is 2.43. The van der Waals surface area contributed by atoms with E-state index in [2.05, 4.69) is 112 Å². The second-order valence-corrected chi connectivity index (χ2v) is 9.64. The molecule has 0 saturated carbocycles. The summed E-state index contributed by atoms with van der Waals surface area (Å²) in [5, 5.41) is 0. The normalized spacial score (nSPS) is 13.9. The molecular weight excluding hydrogens is 502 g/mol. The van der Waals surface area contributed by atoms with Crippen LogP contribution in [0.1, 0.15) is 0 Å². The molecule has 1 heterocycles. The number of halogens is 2. The van der Waals surface area contributed by atoms with Gasteiger partial charge in [0.2, 0.25) is 0 Å². The number of rotatable bonds is 1. The number of benzene rings is 3. The van der Waals surface area contributed by atoms with Gasteiger partial charge in [0.1, 0.15) is 0 Å². The average molecular weight is 514 g/mol. The fourth-order valence-electron chi connectivity index (χ4n) is 2.82. The summed E-state index contributed by atoms with van der Waals surface area (Å²) in [7, 11) is -0.403. The Bertz CT molecular complexity index is 776. The van der Waals surface area contributed by atoms with Gasteiger partial charge < -0.3 is 0 Å². The van der Waals surface area contributed by atoms with Crippen LogP contribution in [0.2, 0.25) is 0 Å². The topological polar surface area (TPSA) is 0 Å². The largest absolute Gasteiger partial charge is 0.172 e. The fourth-order valence-corrected chi connectivity index (χ4v) is 6.39. The highest BCUT2D eigenvalue weighted by Crippen LogP contribution is 2.62. The summed E-state index contributed by atoms with van der Waals surface area (Å²) in [6.07, 6.45) is 0. The molecule has 21 heavy (non-hydrogen) atoms. The van der Waals surface area contributed by atoms with Gasteiger partial charge in [-0.1, -0.05) is 18.2 Å². The molecule has 1 aliphatic heterocycles. The summed E-state index contributed by atoms with van der Waals surface area (Å²) in [5.74, 6) is 0. The van der Waals surface area contributed by atoms with Gasteiger partial charge in [0.15, 0.2) is 0 Å². The van der Waals surface area contributed by atoms with Crippen LogP contribution in [-0.4, -0.2) is 0 Å². The summed E-state index contributed by atoms with van der Waals surface area (Å²) in [4.78, 5) is 4.43. The molecule has 0 spiro atoms. The SMILES string of the molecule is Ic1ccc2c(c1)-c1cc(I)ccc1[SH]2c1ccccc1. The predicted molar refractivity (Wildman–Crippen MR) is 108 cm³/mol. The van der Waals surface area contributed by atoms with E-state index in [0.29, 0.717) is 0 Å². The van der Waals surface area contributed by atoms with Crippen molar-refractivity contribution in [2.75, 3.05) is 0 Å². The molecular formula is C18H12I2S. The molecule has 0 unspecified atom stereocenters. The molecule has 0 nitrogen and oxygen atoms in total. The van der Waals surface area contributed by atoms with E-state index in [1.54, 1.807) is 0 Å². The first-order valence-corrected chi connectivity index (χ1v) is 10.2. The van der Waals surface area contributed by atoms with Crippen molar-refractivity contribution in [2.24, 2.45) is 0 Å². The first kappa shape index (κ1) is 14.1. The molecule has 104 valence electrons. The van der Waals surface area contributed by atoms with Gasteiger partial charge in [-0.25, -0.2) is 0 Å². The van der Waals surface area contributed by atoms with E-state index in [0.717, 1.165) is 0 Å². The van der Waals surface area contributed by atoms with Gasteiger partial charge in [0.05, 0.1) is 0 Å². The Morgan fingerprint density at radius 1 is 0.619 bits per heavy atom. The zero-order valence-corrected chi connectivity index (χ0v) is 16.3. The first-order chi connectivity index (χ1) is 10.2. The van der Waals surface area contributed by atoms with E-state index >= 15 is 0 Å². The van der Waals surface area contributed by atoms with Crippen LogP contribution in [0.4, 0.5) is 0 Å². The van der Waals surface area contributed by atoms with E-state index in [1.807, 2.05) is 0 Å². The Hall–Kier alpha value is -0.530. The Kier molecular flexibility index (Phi) is 3.75. The van der Waals surface area contributed by atoms with Crippen molar-refractivity contribution in [3.05, 3.63) is 73.9 Å². The van der Waals surface area contributed by atoms with Crippen LogP contribution in [0.5, 0.6) is 0 Å². The molecule has 0 fully saturated rings. The molecule has 0 bridgehead atoms. The van der Waals surface area contributed by atoms with E-state index in [9.17, 15) is 0 Å². The Balaban J connectivity index is 2.02. The lowest BCUT2D eigenvalue weighted by atomic mass is 10.1. The minimum atomic E-state index is -0.403. The summed E-state index contributed by atoms with van der Waals surface area (Å²) in [6.45, 7) is 0. The lowest BCUT2D eigenvalue weighted by Gasteiger charge is -2.18. The fraction of sp³-hybridized carbons (Fsp3) is 0. The van der Waals surface area contributed by atoms with Gasteiger partial charge in [-0.15, -0.1) is 0 Å². The second-order valence-electron chi connectivity index (χ2n) is 4.99. The van der Waals surface area contributed by atoms with E-state index in [-0.39, 0.29) is 0 Å². The lowest BCUT2D eigenvalue weighted by Crippen LogP contribution is -1.83. The monoisotopic (exact) mass is 514 g/mol. The first-order valence-electron chi connectivity index (χ1n) is 6.69. The lowest BCUT2D eigenvalue weighted by molar-refractivity contribution is 1.39. The highest BCUT2D eigenvalue weighted by Gasteiger charge is 2.27. The maximum absolute atomic E-state index is 2.41. The quantitative estimate of drug-likeness (QED) is 0.222. The molecule has 0 radical (unpaired) electrons. The van der Waals surface area contributed by atoms with Crippen molar-refractivity contribution in [3.8, 4) is 11.1 Å². The van der Waals surface area contributed by atoms with Crippen LogP contribution in [0.3, 0.4) is 0 Å². The van der Waals surface area contributed by atoms with Crippen molar-refractivity contribution >= 4 is 56.1 Å². The van der Waals surface area contributed by atoms with Gasteiger partial charge in [-0.05, 0) is 110 Å². The zero-order valence-electron chi connectivity index (χ0n) is 11.1. The maximum Gasteiger partial charge on any atom is 0.0137 e. The maximum atomic E-state index is 2.41. The zero-order chi connectivity index (χ0) is 14.4. The molecule has 0 aliphatic carbocycles. The number of hydrogen-bond donors (Lipinski definition) is 1. The Labute approximate surface area is 154 Å². The molecule has 3 aromatic rings. The molecule has 4 rings (SSSR count). The molecule has 0 N–H and O–H groups in total. The van der Waals surface area contributed by atoms with Crippen molar-refractivity contribution < 1.29 is 0 Å². The molecule has 0 aromatic heterocycles. The Morgan fingerprint density at radius 2 is 1.14 bits per heavy atom. The van der Waals surface area contributed by atoms with Gasteiger partial charge >= 0.3 is 0 Å². The third-order valence-electron chi connectivity index (χ3n) is 3.70. The summed E-state index contributed by atoms with van der Waals surface area (Å²) in [6, 6.07) is 24.7. The molecule has 0 saturated heterocycles. The van der Waals surface area contributed by atoms with Crippen LogP contribution in [0.25, 0.3) is 11.1 Å². The smallest absolute Gasteiger partial charge is 0.0137 e. The van der Waals surface area contributed by atoms with E-state index < -0.39 is 10.9 Å². The highest BCUT2D eigenvalue weighted by atomic mass is 127. The Morgan fingerprint density at radius 3 is 1.67 bits per heavy atom. The van der Waals surface area contributed by atoms with Crippen molar-refractivity contribution in [3.63, 3.8) is 0 Å². The highest BCUT2D eigenvalue weighted by molar-refractivity contribution is 14.1. The predicted octanol–water partition coefficient (Wildman–Crippen LogP) is 6.35. The number of hydrogen-bond acceptors (Lipinski definition) is 0. The number of fused-ring (bicyclic) bond motifs is 3. The van der Waals surface area contributed by atoms with E-state index in [4.69, 9.17) is 0 Å². The summed E-state index contributed by atoms with van der Waals surface area (Å²) >= 11 is 4.82. The van der Waals surface area contributed by atoms with Gasteiger partial charge in [-0.2, -0.15) is 10.9 Å². The van der Waals surface area contributed by atoms with Gasteiger partial charge in [0.25, 0.3) is 0 Å². The second kappa shape index (κ2) is 5.59. The molecule has 1 aliphatic rings. The standard InChI is InChI=1S/C18H12I2S/c19-12-6-8-17-15(10-12)16-11-13(20)7-9-18(16)21(17)14-4-2-1-3-5-14/h1-11,21H. The van der Waals surface area contributed by atoms with Crippen molar-refractivity contribution in [1.29, 1.82) is 0 Å². The summed E-state index contributed by atoms with van der Waals surface area (Å²) < 4.78 is 2.61. The minimum absolute atomic E-state index is 0.403. The number of thiol groups is 1. The van der Waals surface area contributed by atoms with Crippen LogP contribution in [0, 0.1) is 7.14 Å². The van der Waals surface area contributed by atoms with Crippen LogP contribution < -0.4 is 0 Å². The van der Waals surface area contributed by atoms with Crippen molar-refractivity contribution in [1.82, 2.24) is 0 Å². The van der Waals surface area contributed by atoms with Crippen molar-refractivity contribution in [2.45, 2.75) is 14.7 Å². The molecule has 0 atom stereocenters. The molecule has 3 heteroatoms. The van der Waals surface area contributed by atoms with Crippen LogP contribution >= 0.6 is 56.1 Å². The van der Waals surface area contributed by atoms with Crippen LogP contribution in [-0.2, 0) is 0 Å². The van der Waals surface area contributed by atoms with Gasteiger partial charge in [-0.3, -0.25) is 0 Å². The van der Waals surface area contributed by atoms with Crippen LogP contribution in [0.15, 0.2) is 81.4 Å².